The Morgan fingerprint density at radius 3 is 1.73 bits per heavy atom. The van der Waals surface area contributed by atoms with Gasteiger partial charge in [-0.2, -0.15) is 0 Å². The standard InChI is InChI=1S/C7H16N2O2/c10-5-3-8-7(1-2-7)9-4-6-11/h8-11H,1-6H2. The Morgan fingerprint density at radius 2 is 1.45 bits per heavy atom. The van der Waals surface area contributed by atoms with E-state index in [1.807, 2.05) is 0 Å². The van der Waals surface area contributed by atoms with Gasteiger partial charge in [0.15, 0.2) is 0 Å². The molecule has 0 aromatic carbocycles. The molecule has 0 aromatic heterocycles. The molecule has 1 saturated carbocycles. The van der Waals surface area contributed by atoms with Gasteiger partial charge in [-0.3, -0.25) is 10.6 Å². The number of nitrogens with one attached hydrogen (secondary N) is 2. The third-order valence-electron chi connectivity index (χ3n) is 1.90. The SMILES string of the molecule is OCCNC1(NCCO)CC1. The molecule has 0 heterocycles. The van der Waals surface area contributed by atoms with E-state index in [1.54, 1.807) is 0 Å². The van der Waals surface area contributed by atoms with E-state index in [0.29, 0.717) is 13.1 Å². The lowest BCUT2D eigenvalue weighted by molar-refractivity contribution is 0.252. The Hall–Kier alpha value is -0.160. The van der Waals surface area contributed by atoms with Crippen molar-refractivity contribution in [1.29, 1.82) is 0 Å². The molecule has 4 nitrogen and oxygen atoms in total. The number of aliphatic hydroxyl groups is 2. The van der Waals surface area contributed by atoms with Crippen molar-refractivity contribution in [2.75, 3.05) is 26.3 Å². The minimum absolute atomic E-state index is 0.0332. The molecule has 11 heavy (non-hydrogen) atoms. The van der Waals surface area contributed by atoms with E-state index in [4.69, 9.17) is 10.2 Å². The maximum absolute atomic E-state index is 8.54. The second-order valence-corrected chi connectivity index (χ2v) is 2.88. The van der Waals surface area contributed by atoms with Gasteiger partial charge in [0.1, 0.15) is 0 Å². The molecule has 0 aromatic rings. The lowest BCUT2D eigenvalue weighted by Gasteiger charge is -2.17. The third-order valence-corrected chi connectivity index (χ3v) is 1.90. The molecule has 1 fully saturated rings. The normalized spacial score (nSPS) is 20.2. The summed E-state index contributed by atoms with van der Waals surface area (Å²) in [5.41, 5.74) is 0.0332. The lowest BCUT2D eigenvalue weighted by Crippen LogP contribution is -2.47. The summed E-state index contributed by atoms with van der Waals surface area (Å²) >= 11 is 0. The minimum atomic E-state index is 0.0332. The average Bonchev–Trinajstić information content (AvgIpc) is 2.79. The van der Waals surface area contributed by atoms with Crippen molar-refractivity contribution in [3.63, 3.8) is 0 Å². The first-order valence-electron chi connectivity index (χ1n) is 4.05. The summed E-state index contributed by atoms with van der Waals surface area (Å²) in [4.78, 5) is 0. The Labute approximate surface area is 66.6 Å². The number of aliphatic hydroxyl groups excluding tert-OH is 2. The maximum Gasteiger partial charge on any atom is 0.0691 e. The zero-order valence-electron chi connectivity index (χ0n) is 6.64. The fourth-order valence-electron chi connectivity index (χ4n) is 1.13. The van der Waals surface area contributed by atoms with Crippen LogP contribution in [0.5, 0.6) is 0 Å². The molecule has 1 aliphatic carbocycles. The highest BCUT2D eigenvalue weighted by Crippen LogP contribution is 2.31. The van der Waals surface area contributed by atoms with Crippen LogP contribution in [-0.2, 0) is 0 Å². The van der Waals surface area contributed by atoms with Gasteiger partial charge in [0.05, 0.1) is 18.9 Å². The van der Waals surface area contributed by atoms with Crippen molar-refractivity contribution in [2.24, 2.45) is 0 Å². The van der Waals surface area contributed by atoms with Crippen LogP contribution in [0.3, 0.4) is 0 Å². The molecule has 0 bridgehead atoms. The zero-order valence-corrected chi connectivity index (χ0v) is 6.64. The lowest BCUT2D eigenvalue weighted by atomic mass is 10.4. The van der Waals surface area contributed by atoms with Crippen molar-refractivity contribution in [2.45, 2.75) is 18.5 Å². The first-order chi connectivity index (χ1) is 5.33. The Bertz CT molecular complexity index is 105. The second kappa shape index (κ2) is 4.01. The topological polar surface area (TPSA) is 64.5 Å². The van der Waals surface area contributed by atoms with E-state index in [-0.39, 0.29) is 18.9 Å². The summed E-state index contributed by atoms with van der Waals surface area (Å²) in [7, 11) is 0. The highest BCUT2D eigenvalue weighted by Gasteiger charge is 2.40. The van der Waals surface area contributed by atoms with Crippen molar-refractivity contribution in [1.82, 2.24) is 10.6 Å². The van der Waals surface area contributed by atoms with Gasteiger partial charge in [0.2, 0.25) is 0 Å². The van der Waals surface area contributed by atoms with Crippen LogP contribution in [0.4, 0.5) is 0 Å². The van der Waals surface area contributed by atoms with Gasteiger partial charge in [-0.1, -0.05) is 0 Å². The van der Waals surface area contributed by atoms with E-state index in [0.717, 1.165) is 12.8 Å². The number of hydrogen-bond acceptors (Lipinski definition) is 4. The van der Waals surface area contributed by atoms with Crippen LogP contribution in [0.25, 0.3) is 0 Å². The third kappa shape index (κ3) is 2.75. The monoisotopic (exact) mass is 160 g/mol. The maximum atomic E-state index is 8.54. The molecule has 0 aliphatic heterocycles. The predicted molar refractivity (Wildman–Crippen MR) is 42.1 cm³/mol. The molecule has 4 heteroatoms. The van der Waals surface area contributed by atoms with Crippen molar-refractivity contribution < 1.29 is 10.2 Å². The van der Waals surface area contributed by atoms with Crippen LogP contribution in [0.1, 0.15) is 12.8 Å². The van der Waals surface area contributed by atoms with Gasteiger partial charge in [0.25, 0.3) is 0 Å². The first kappa shape index (κ1) is 8.93. The summed E-state index contributed by atoms with van der Waals surface area (Å²) < 4.78 is 0. The van der Waals surface area contributed by atoms with Crippen LogP contribution in [0.15, 0.2) is 0 Å². The molecule has 1 aliphatic rings. The van der Waals surface area contributed by atoms with Crippen molar-refractivity contribution >= 4 is 0 Å². The fourth-order valence-corrected chi connectivity index (χ4v) is 1.13. The van der Waals surface area contributed by atoms with Gasteiger partial charge in [0, 0.05) is 13.1 Å². The predicted octanol–water partition coefficient (Wildman–Crippen LogP) is -1.36. The van der Waals surface area contributed by atoms with Crippen LogP contribution < -0.4 is 10.6 Å². The molecule has 0 spiro atoms. The second-order valence-electron chi connectivity index (χ2n) is 2.88. The Balaban J connectivity index is 2.08. The van der Waals surface area contributed by atoms with Crippen LogP contribution in [-0.4, -0.2) is 42.2 Å². The number of hydrogen-bond donors (Lipinski definition) is 4. The molecule has 1 rings (SSSR count). The molecule has 66 valence electrons. The fraction of sp³-hybridized carbons (Fsp3) is 1.00. The molecular formula is C7H16N2O2. The van der Waals surface area contributed by atoms with Gasteiger partial charge >= 0.3 is 0 Å². The summed E-state index contributed by atoms with van der Waals surface area (Å²) in [6.07, 6.45) is 2.18. The summed E-state index contributed by atoms with van der Waals surface area (Å²) in [5.74, 6) is 0. The van der Waals surface area contributed by atoms with E-state index < -0.39 is 0 Å². The van der Waals surface area contributed by atoms with Gasteiger partial charge in [-0.25, -0.2) is 0 Å². The Kier molecular flexibility index (Phi) is 3.26. The molecule has 0 amide bonds. The minimum Gasteiger partial charge on any atom is -0.395 e. The smallest absolute Gasteiger partial charge is 0.0691 e. The van der Waals surface area contributed by atoms with E-state index in [1.165, 1.54) is 0 Å². The molecule has 0 atom stereocenters. The zero-order chi connectivity index (χ0) is 8.16. The van der Waals surface area contributed by atoms with E-state index >= 15 is 0 Å². The van der Waals surface area contributed by atoms with Crippen LogP contribution >= 0.6 is 0 Å². The van der Waals surface area contributed by atoms with Gasteiger partial charge in [-0.15, -0.1) is 0 Å². The largest absolute Gasteiger partial charge is 0.395 e. The van der Waals surface area contributed by atoms with E-state index in [2.05, 4.69) is 10.6 Å². The van der Waals surface area contributed by atoms with Gasteiger partial charge < -0.3 is 10.2 Å². The molecular weight excluding hydrogens is 144 g/mol. The molecule has 0 unspecified atom stereocenters. The van der Waals surface area contributed by atoms with Crippen molar-refractivity contribution in [3.05, 3.63) is 0 Å². The van der Waals surface area contributed by atoms with Crippen LogP contribution in [0, 0.1) is 0 Å². The molecule has 4 N–H and O–H groups in total. The van der Waals surface area contributed by atoms with Gasteiger partial charge in [-0.05, 0) is 12.8 Å². The highest BCUT2D eigenvalue weighted by molar-refractivity contribution is 4.98. The Morgan fingerprint density at radius 1 is 1.00 bits per heavy atom. The summed E-state index contributed by atoms with van der Waals surface area (Å²) in [6.45, 7) is 1.59. The van der Waals surface area contributed by atoms with Crippen molar-refractivity contribution in [3.8, 4) is 0 Å². The molecule has 0 saturated heterocycles. The quantitative estimate of drug-likeness (QED) is 0.362. The first-order valence-corrected chi connectivity index (χ1v) is 4.05. The highest BCUT2D eigenvalue weighted by atomic mass is 16.3. The number of rotatable bonds is 6. The van der Waals surface area contributed by atoms with Crippen LogP contribution in [0.2, 0.25) is 0 Å². The molecule has 0 radical (unpaired) electrons. The summed E-state index contributed by atoms with van der Waals surface area (Å²) in [5, 5.41) is 23.5. The van der Waals surface area contributed by atoms with E-state index in [9.17, 15) is 0 Å². The summed E-state index contributed by atoms with van der Waals surface area (Å²) in [6, 6.07) is 0. The average molecular weight is 160 g/mol.